The van der Waals surface area contributed by atoms with Crippen molar-refractivity contribution < 1.29 is 23.9 Å². The number of hydrogen-bond donors (Lipinski definition) is 0. The molecule has 3 amide bonds. The zero-order valence-electron chi connectivity index (χ0n) is 18.4. The number of methoxy groups -OCH3 is 2. The van der Waals surface area contributed by atoms with Crippen molar-refractivity contribution in [2.24, 2.45) is 5.92 Å². The molecule has 0 radical (unpaired) electrons. The van der Waals surface area contributed by atoms with Gasteiger partial charge in [-0.05, 0) is 32.9 Å². The second kappa shape index (κ2) is 8.53. The predicted octanol–water partition coefficient (Wildman–Crippen LogP) is 1.64. The minimum absolute atomic E-state index is 0.00271. The maximum atomic E-state index is 13.1. The maximum Gasteiger partial charge on any atom is 0.261 e. The maximum absolute atomic E-state index is 13.1. The van der Waals surface area contributed by atoms with Gasteiger partial charge in [0.25, 0.3) is 5.91 Å². The van der Waals surface area contributed by atoms with Crippen molar-refractivity contribution in [3.8, 4) is 11.5 Å². The number of rotatable bonds is 4. The van der Waals surface area contributed by atoms with Gasteiger partial charge in [0.15, 0.2) is 0 Å². The summed E-state index contributed by atoms with van der Waals surface area (Å²) in [5, 5.41) is 0. The Morgan fingerprint density at radius 2 is 1.50 bits per heavy atom. The molecule has 1 aromatic carbocycles. The van der Waals surface area contributed by atoms with Crippen molar-refractivity contribution in [1.82, 2.24) is 14.7 Å². The van der Waals surface area contributed by atoms with Crippen LogP contribution in [-0.2, 0) is 9.59 Å². The summed E-state index contributed by atoms with van der Waals surface area (Å²) in [4.78, 5) is 43.7. The Kier molecular flexibility index (Phi) is 6.24. The molecule has 2 heterocycles. The van der Waals surface area contributed by atoms with Crippen molar-refractivity contribution in [3.05, 3.63) is 23.8 Å². The van der Waals surface area contributed by atoms with E-state index < -0.39 is 0 Å². The van der Waals surface area contributed by atoms with Gasteiger partial charge in [-0.15, -0.1) is 0 Å². The molecule has 0 bridgehead atoms. The Morgan fingerprint density at radius 1 is 0.967 bits per heavy atom. The van der Waals surface area contributed by atoms with Crippen molar-refractivity contribution >= 4 is 17.7 Å². The highest BCUT2D eigenvalue weighted by Crippen LogP contribution is 2.31. The summed E-state index contributed by atoms with van der Waals surface area (Å²) in [5.74, 6) is 0.462. The number of carbonyl (C=O) groups is 3. The Bertz CT molecular complexity index is 802. The predicted molar refractivity (Wildman–Crippen MR) is 112 cm³/mol. The van der Waals surface area contributed by atoms with Crippen LogP contribution in [0.2, 0.25) is 0 Å². The first-order chi connectivity index (χ1) is 14.2. The first-order valence-electron chi connectivity index (χ1n) is 10.3. The fourth-order valence-electron chi connectivity index (χ4n) is 4.13. The monoisotopic (exact) mass is 417 g/mol. The standard InChI is InChI=1S/C22H31N3O5/c1-22(2,3)25-14-15(13-18(25)26)20(27)23-9-11-24(12-10-23)21(28)19-16(29-4)7-6-8-17(19)30-5/h6-8,15H,9-14H2,1-5H3. The average molecular weight is 418 g/mol. The van der Waals surface area contributed by atoms with E-state index in [9.17, 15) is 14.4 Å². The normalized spacial score (nSPS) is 19.8. The Balaban J connectivity index is 1.64. The second-order valence-electron chi connectivity index (χ2n) is 8.73. The van der Waals surface area contributed by atoms with E-state index in [0.29, 0.717) is 49.8 Å². The third kappa shape index (κ3) is 4.22. The Morgan fingerprint density at radius 3 is 1.97 bits per heavy atom. The third-order valence-corrected chi connectivity index (χ3v) is 5.80. The number of nitrogens with zero attached hydrogens (tertiary/aromatic N) is 3. The summed E-state index contributed by atoms with van der Waals surface area (Å²) in [6.45, 7) is 8.14. The van der Waals surface area contributed by atoms with Crippen LogP contribution in [-0.4, -0.2) is 84.9 Å². The molecule has 0 aliphatic carbocycles. The van der Waals surface area contributed by atoms with Gasteiger partial charge in [-0.3, -0.25) is 14.4 Å². The van der Waals surface area contributed by atoms with Gasteiger partial charge in [-0.25, -0.2) is 0 Å². The van der Waals surface area contributed by atoms with E-state index in [1.807, 2.05) is 20.8 Å². The van der Waals surface area contributed by atoms with Gasteiger partial charge in [0.2, 0.25) is 11.8 Å². The number of ether oxygens (including phenoxy) is 2. The molecule has 2 fully saturated rings. The van der Waals surface area contributed by atoms with Crippen molar-refractivity contribution in [1.29, 1.82) is 0 Å². The van der Waals surface area contributed by atoms with Gasteiger partial charge >= 0.3 is 0 Å². The summed E-state index contributed by atoms with van der Waals surface area (Å²) in [7, 11) is 3.04. The van der Waals surface area contributed by atoms with Crippen LogP contribution in [0.4, 0.5) is 0 Å². The number of benzene rings is 1. The minimum atomic E-state index is -0.312. The van der Waals surface area contributed by atoms with Crippen molar-refractivity contribution in [2.45, 2.75) is 32.7 Å². The lowest BCUT2D eigenvalue weighted by Crippen LogP contribution is -2.52. The molecule has 0 aromatic heterocycles. The molecule has 8 nitrogen and oxygen atoms in total. The number of piperazine rings is 1. The summed E-state index contributed by atoms with van der Waals surface area (Å²) in [6, 6.07) is 5.23. The third-order valence-electron chi connectivity index (χ3n) is 5.80. The molecule has 1 aromatic rings. The van der Waals surface area contributed by atoms with E-state index in [1.54, 1.807) is 32.9 Å². The Hall–Kier alpha value is -2.77. The molecule has 2 aliphatic rings. The lowest BCUT2D eigenvalue weighted by Gasteiger charge is -2.36. The van der Waals surface area contributed by atoms with E-state index >= 15 is 0 Å². The molecule has 1 atom stereocenters. The van der Waals surface area contributed by atoms with Gasteiger partial charge in [-0.2, -0.15) is 0 Å². The fraction of sp³-hybridized carbons (Fsp3) is 0.591. The largest absolute Gasteiger partial charge is 0.496 e. The van der Waals surface area contributed by atoms with E-state index in [4.69, 9.17) is 9.47 Å². The SMILES string of the molecule is COc1cccc(OC)c1C(=O)N1CCN(C(=O)C2CC(=O)N(C(C)(C)C)C2)CC1. The van der Waals surface area contributed by atoms with E-state index in [1.165, 1.54) is 14.2 Å². The van der Waals surface area contributed by atoms with E-state index in [-0.39, 0.29) is 35.6 Å². The first-order valence-corrected chi connectivity index (χ1v) is 10.3. The van der Waals surface area contributed by atoms with Gasteiger partial charge in [0.1, 0.15) is 17.1 Å². The van der Waals surface area contributed by atoms with E-state index in [0.717, 1.165) is 0 Å². The molecule has 1 unspecified atom stereocenters. The minimum Gasteiger partial charge on any atom is -0.496 e. The molecule has 2 saturated heterocycles. The number of carbonyl (C=O) groups excluding carboxylic acids is 3. The summed E-state index contributed by atoms with van der Waals surface area (Å²) >= 11 is 0. The average Bonchev–Trinajstić information content (AvgIpc) is 3.14. The zero-order valence-corrected chi connectivity index (χ0v) is 18.4. The lowest BCUT2D eigenvalue weighted by molar-refractivity contribution is -0.137. The van der Waals surface area contributed by atoms with Crippen molar-refractivity contribution in [2.75, 3.05) is 46.9 Å². The van der Waals surface area contributed by atoms with Crippen LogP contribution >= 0.6 is 0 Å². The van der Waals surface area contributed by atoms with Gasteiger partial charge in [0.05, 0.1) is 20.1 Å². The van der Waals surface area contributed by atoms with Crippen LogP contribution in [0.5, 0.6) is 11.5 Å². The van der Waals surface area contributed by atoms with Gasteiger partial charge in [0, 0.05) is 44.7 Å². The zero-order chi connectivity index (χ0) is 22.1. The van der Waals surface area contributed by atoms with Crippen LogP contribution in [0.15, 0.2) is 18.2 Å². The first kappa shape index (κ1) is 21.9. The van der Waals surface area contributed by atoms with Crippen molar-refractivity contribution in [3.63, 3.8) is 0 Å². The summed E-state index contributed by atoms with van der Waals surface area (Å²) in [5.41, 5.74) is 0.106. The highest BCUT2D eigenvalue weighted by Gasteiger charge is 2.41. The van der Waals surface area contributed by atoms with Crippen LogP contribution in [0, 0.1) is 5.92 Å². The van der Waals surface area contributed by atoms with Crippen LogP contribution in [0.3, 0.4) is 0 Å². The molecule has 8 heteroatoms. The second-order valence-corrected chi connectivity index (χ2v) is 8.73. The van der Waals surface area contributed by atoms with Gasteiger partial charge in [-0.1, -0.05) is 6.07 Å². The number of likely N-dealkylation sites (tertiary alicyclic amines) is 1. The molecule has 2 aliphatic heterocycles. The Labute approximate surface area is 177 Å². The summed E-state index contributed by atoms with van der Waals surface area (Å²) in [6.07, 6.45) is 0.258. The molecular weight excluding hydrogens is 386 g/mol. The van der Waals surface area contributed by atoms with Crippen LogP contribution < -0.4 is 9.47 Å². The van der Waals surface area contributed by atoms with Crippen LogP contribution in [0.25, 0.3) is 0 Å². The molecule has 30 heavy (non-hydrogen) atoms. The molecule has 164 valence electrons. The van der Waals surface area contributed by atoms with Gasteiger partial charge < -0.3 is 24.2 Å². The molecule has 0 N–H and O–H groups in total. The highest BCUT2D eigenvalue weighted by atomic mass is 16.5. The quantitative estimate of drug-likeness (QED) is 0.744. The smallest absolute Gasteiger partial charge is 0.261 e. The molecule has 0 saturated carbocycles. The highest BCUT2D eigenvalue weighted by molar-refractivity contribution is 6.00. The molecule has 0 spiro atoms. The lowest BCUT2D eigenvalue weighted by atomic mass is 10.1. The molecular formula is C22H31N3O5. The molecule has 3 rings (SSSR count). The topological polar surface area (TPSA) is 79.4 Å². The van der Waals surface area contributed by atoms with E-state index in [2.05, 4.69) is 0 Å². The number of amides is 3. The number of hydrogen-bond acceptors (Lipinski definition) is 5. The summed E-state index contributed by atoms with van der Waals surface area (Å²) < 4.78 is 10.7. The van der Waals surface area contributed by atoms with Crippen LogP contribution in [0.1, 0.15) is 37.6 Å². The fourth-order valence-corrected chi connectivity index (χ4v) is 4.13.